The molecule has 3 rings (SSSR count). The molecule has 0 atom stereocenters. The summed E-state index contributed by atoms with van der Waals surface area (Å²) in [5, 5.41) is 1.06. The molecule has 1 aliphatic rings. The van der Waals surface area contributed by atoms with Crippen LogP contribution in [0.3, 0.4) is 0 Å². The third-order valence-electron chi connectivity index (χ3n) is 5.73. The van der Waals surface area contributed by atoms with Crippen molar-refractivity contribution in [2.45, 2.75) is 52.0 Å². The second-order valence-electron chi connectivity index (χ2n) is 7.53. The maximum Gasteiger partial charge on any atom is 0.251 e. The molecule has 4 nitrogen and oxygen atoms in total. The van der Waals surface area contributed by atoms with Crippen LogP contribution in [-0.4, -0.2) is 36.2 Å². The van der Waals surface area contributed by atoms with Gasteiger partial charge in [0, 0.05) is 18.0 Å². The van der Waals surface area contributed by atoms with Crippen LogP contribution in [0.2, 0.25) is 0 Å². The van der Waals surface area contributed by atoms with E-state index in [9.17, 15) is 4.79 Å². The quantitative estimate of drug-likeness (QED) is 0.707. The lowest BCUT2D eigenvalue weighted by Gasteiger charge is -2.32. The number of likely N-dealkylation sites (tertiary alicyclic amines) is 1. The third kappa shape index (κ3) is 4.67. The van der Waals surface area contributed by atoms with Gasteiger partial charge in [-0.1, -0.05) is 26.2 Å². The van der Waals surface area contributed by atoms with Gasteiger partial charge < -0.3 is 14.2 Å². The zero-order valence-corrected chi connectivity index (χ0v) is 16.2. The van der Waals surface area contributed by atoms with Crippen LogP contribution in [-0.2, 0) is 6.54 Å². The number of hydrogen-bond donors (Lipinski definition) is 0. The highest BCUT2D eigenvalue weighted by Crippen LogP contribution is 2.23. The van der Waals surface area contributed by atoms with Crippen molar-refractivity contribution in [3.8, 4) is 5.75 Å². The number of piperidine rings is 1. The van der Waals surface area contributed by atoms with Crippen LogP contribution >= 0.6 is 0 Å². The van der Waals surface area contributed by atoms with Crippen molar-refractivity contribution in [3.05, 3.63) is 40.7 Å². The van der Waals surface area contributed by atoms with Gasteiger partial charge in [0.2, 0.25) is 0 Å². The largest absolute Gasteiger partial charge is 0.497 e. The summed E-state index contributed by atoms with van der Waals surface area (Å²) in [6.45, 7) is 6.57. The van der Waals surface area contributed by atoms with Crippen LogP contribution in [0.4, 0.5) is 0 Å². The normalized spacial score (nSPS) is 16.2. The summed E-state index contributed by atoms with van der Waals surface area (Å²) in [6.07, 6.45) is 7.79. The first-order chi connectivity index (χ1) is 12.7. The number of aromatic nitrogens is 1. The van der Waals surface area contributed by atoms with E-state index >= 15 is 0 Å². The van der Waals surface area contributed by atoms with E-state index in [-0.39, 0.29) is 5.56 Å². The zero-order valence-electron chi connectivity index (χ0n) is 16.2. The molecule has 1 aromatic heterocycles. The molecule has 0 amide bonds. The van der Waals surface area contributed by atoms with Gasteiger partial charge in [-0.15, -0.1) is 0 Å². The highest BCUT2D eigenvalue weighted by molar-refractivity contribution is 5.80. The molecule has 1 aromatic carbocycles. The highest BCUT2D eigenvalue weighted by Gasteiger charge is 2.18. The molecule has 0 unspecified atom stereocenters. The molecule has 1 saturated heterocycles. The Morgan fingerprint density at radius 3 is 2.62 bits per heavy atom. The predicted octanol–water partition coefficient (Wildman–Crippen LogP) is 4.30. The van der Waals surface area contributed by atoms with E-state index < -0.39 is 0 Å². The van der Waals surface area contributed by atoms with Gasteiger partial charge in [0.15, 0.2) is 0 Å². The fraction of sp³-hybridized carbons (Fsp3) is 0.591. The predicted molar refractivity (Wildman–Crippen MR) is 108 cm³/mol. The van der Waals surface area contributed by atoms with E-state index in [0.717, 1.165) is 42.1 Å². The minimum Gasteiger partial charge on any atom is -0.497 e. The number of unbranched alkanes of at least 4 members (excludes halogenated alkanes) is 1. The molecule has 1 fully saturated rings. The number of benzene rings is 1. The van der Waals surface area contributed by atoms with E-state index in [0.29, 0.717) is 0 Å². The Labute approximate surface area is 156 Å². The first kappa shape index (κ1) is 19.0. The van der Waals surface area contributed by atoms with Crippen molar-refractivity contribution in [2.75, 3.05) is 26.7 Å². The van der Waals surface area contributed by atoms with Crippen molar-refractivity contribution < 1.29 is 4.74 Å². The standard InChI is InChI=1S/C22H32N2O2/c1-3-4-6-18-11-15-23(16-12-18)13-5-14-24-21-9-8-20(26-2)17-19(21)7-10-22(24)25/h7-10,17-18H,3-6,11-16H2,1-2H3. The second kappa shape index (κ2) is 9.22. The van der Waals surface area contributed by atoms with Crippen LogP contribution in [0.1, 0.15) is 45.4 Å². The van der Waals surface area contributed by atoms with Crippen LogP contribution < -0.4 is 10.3 Å². The first-order valence-electron chi connectivity index (χ1n) is 10.1. The number of pyridine rings is 1. The summed E-state index contributed by atoms with van der Waals surface area (Å²) >= 11 is 0. The van der Waals surface area contributed by atoms with E-state index in [1.807, 2.05) is 28.8 Å². The number of methoxy groups -OCH3 is 1. The summed E-state index contributed by atoms with van der Waals surface area (Å²) in [5.41, 5.74) is 1.08. The van der Waals surface area contributed by atoms with Gasteiger partial charge in [-0.2, -0.15) is 0 Å². The van der Waals surface area contributed by atoms with E-state index in [1.165, 1.54) is 45.2 Å². The monoisotopic (exact) mass is 356 g/mol. The molecular formula is C22H32N2O2. The van der Waals surface area contributed by atoms with E-state index in [4.69, 9.17) is 4.74 Å². The Hall–Kier alpha value is -1.81. The van der Waals surface area contributed by atoms with Crippen molar-refractivity contribution in [1.82, 2.24) is 9.47 Å². The molecule has 0 spiro atoms. The lowest BCUT2D eigenvalue weighted by atomic mass is 9.91. The van der Waals surface area contributed by atoms with Crippen molar-refractivity contribution in [2.24, 2.45) is 5.92 Å². The summed E-state index contributed by atoms with van der Waals surface area (Å²) in [5.74, 6) is 1.76. The molecule has 26 heavy (non-hydrogen) atoms. The van der Waals surface area contributed by atoms with Crippen LogP contribution in [0.15, 0.2) is 35.1 Å². The molecular weight excluding hydrogens is 324 g/mol. The van der Waals surface area contributed by atoms with Crippen LogP contribution in [0.5, 0.6) is 5.75 Å². The van der Waals surface area contributed by atoms with Gasteiger partial charge in [-0.3, -0.25) is 4.79 Å². The topological polar surface area (TPSA) is 34.5 Å². The Kier molecular flexibility index (Phi) is 6.73. The number of rotatable bonds is 8. The third-order valence-corrected chi connectivity index (χ3v) is 5.73. The number of hydrogen-bond acceptors (Lipinski definition) is 3. The van der Waals surface area contributed by atoms with Gasteiger partial charge in [0.05, 0.1) is 12.6 Å². The fourth-order valence-corrected chi connectivity index (χ4v) is 4.08. The SMILES string of the molecule is CCCCC1CCN(CCCn2c(=O)ccc3cc(OC)ccc32)CC1. The van der Waals surface area contributed by atoms with Gasteiger partial charge in [0.1, 0.15) is 5.75 Å². The fourth-order valence-electron chi connectivity index (χ4n) is 4.08. The van der Waals surface area contributed by atoms with Crippen LogP contribution in [0.25, 0.3) is 10.9 Å². The smallest absolute Gasteiger partial charge is 0.251 e. The summed E-state index contributed by atoms with van der Waals surface area (Å²) in [6, 6.07) is 9.47. The number of nitrogens with zero attached hydrogens (tertiary/aromatic N) is 2. The van der Waals surface area contributed by atoms with Gasteiger partial charge >= 0.3 is 0 Å². The molecule has 2 aromatic rings. The van der Waals surface area contributed by atoms with Crippen molar-refractivity contribution in [1.29, 1.82) is 0 Å². The molecule has 142 valence electrons. The van der Waals surface area contributed by atoms with Gasteiger partial charge in [0.25, 0.3) is 5.56 Å². The number of fused-ring (bicyclic) bond motifs is 1. The molecule has 4 heteroatoms. The highest BCUT2D eigenvalue weighted by atomic mass is 16.5. The average Bonchev–Trinajstić information content (AvgIpc) is 2.68. The number of aryl methyl sites for hydroxylation is 1. The first-order valence-corrected chi connectivity index (χ1v) is 10.1. The van der Waals surface area contributed by atoms with E-state index in [1.54, 1.807) is 13.2 Å². The van der Waals surface area contributed by atoms with Gasteiger partial charge in [-0.05, 0) is 69.1 Å². The lowest BCUT2D eigenvalue weighted by molar-refractivity contribution is 0.174. The Bertz CT molecular complexity index is 760. The maximum absolute atomic E-state index is 12.3. The molecule has 0 N–H and O–H groups in total. The lowest BCUT2D eigenvalue weighted by Crippen LogP contribution is -2.35. The molecule has 0 saturated carbocycles. The Balaban J connectivity index is 1.55. The Morgan fingerprint density at radius 1 is 1.08 bits per heavy atom. The minimum absolute atomic E-state index is 0.0842. The molecule has 0 bridgehead atoms. The second-order valence-corrected chi connectivity index (χ2v) is 7.53. The summed E-state index contributed by atoms with van der Waals surface area (Å²) in [7, 11) is 1.67. The molecule has 0 radical (unpaired) electrons. The van der Waals surface area contributed by atoms with Crippen molar-refractivity contribution in [3.63, 3.8) is 0 Å². The van der Waals surface area contributed by atoms with Crippen LogP contribution in [0, 0.1) is 5.92 Å². The summed E-state index contributed by atoms with van der Waals surface area (Å²) < 4.78 is 7.20. The number of ether oxygens (including phenoxy) is 1. The molecule has 2 heterocycles. The van der Waals surface area contributed by atoms with Crippen molar-refractivity contribution >= 4 is 10.9 Å². The summed E-state index contributed by atoms with van der Waals surface area (Å²) in [4.78, 5) is 14.9. The molecule has 0 aliphatic carbocycles. The van der Waals surface area contributed by atoms with Gasteiger partial charge in [-0.25, -0.2) is 0 Å². The minimum atomic E-state index is 0.0842. The molecule has 1 aliphatic heterocycles. The Morgan fingerprint density at radius 2 is 1.88 bits per heavy atom. The average molecular weight is 357 g/mol. The van der Waals surface area contributed by atoms with E-state index in [2.05, 4.69) is 11.8 Å². The maximum atomic E-state index is 12.3. The zero-order chi connectivity index (χ0) is 18.4.